The molecule has 1 saturated heterocycles. The Morgan fingerprint density at radius 2 is 1.64 bits per heavy atom. The van der Waals surface area contributed by atoms with E-state index in [1.807, 2.05) is 36.9 Å². The van der Waals surface area contributed by atoms with Crippen molar-refractivity contribution in [3.63, 3.8) is 0 Å². The molecule has 0 aliphatic carbocycles. The Kier molecular flexibility index (Phi) is 4.94. The molecule has 6 heteroatoms. The maximum Gasteiger partial charge on any atom is 0.253 e. The monoisotopic (exact) mass is 380 g/mol. The molecular weight excluding hydrogens is 356 g/mol. The van der Waals surface area contributed by atoms with E-state index >= 15 is 0 Å². The molecule has 0 saturated carbocycles. The van der Waals surface area contributed by atoms with Crippen LogP contribution in [0.5, 0.6) is 11.5 Å². The van der Waals surface area contributed by atoms with E-state index in [0.29, 0.717) is 35.7 Å². The van der Waals surface area contributed by atoms with Gasteiger partial charge in [0, 0.05) is 30.3 Å². The topological polar surface area (TPSA) is 67.9 Å². The van der Waals surface area contributed by atoms with Crippen LogP contribution < -0.4 is 14.8 Å². The predicted octanol–water partition coefficient (Wildman–Crippen LogP) is 3.07. The fraction of sp³-hybridized carbons (Fsp3) is 0.364. The molecule has 0 bridgehead atoms. The van der Waals surface area contributed by atoms with Gasteiger partial charge in [0.05, 0.1) is 0 Å². The molecule has 2 amide bonds. The van der Waals surface area contributed by atoms with Crippen molar-refractivity contribution < 1.29 is 19.1 Å². The minimum absolute atomic E-state index is 0.0164. The molecule has 4 rings (SSSR count). The number of hydrogen-bond donors (Lipinski definition) is 1. The van der Waals surface area contributed by atoms with Crippen LogP contribution in [0.4, 0.5) is 0 Å². The number of rotatable bonds is 3. The van der Waals surface area contributed by atoms with Crippen molar-refractivity contribution in [1.82, 2.24) is 10.2 Å². The first-order valence-corrected chi connectivity index (χ1v) is 9.58. The standard InChI is InChI=1S/C22H24N2O4/c1-14-3-4-16(11-15(14)2)21(25)23-18-7-9-24(10-8-18)22(26)17-5-6-19-20(12-17)28-13-27-19/h3-6,11-12,18H,7-10,13H2,1-2H3,(H,23,25). The Bertz CT molecular complexity index is 917. The minimum Gasteiger partial charge on any atom is -0.454 e. The number of likely N-dealkylation sites (tertiary alicyclic amines) is 1. The summed E-state index contributed by atoms with van der Waals surface area (Å²) in [5.41, 5.74) is 3.56. The van der Waals surface area contributed by atoms with Crippen LogP contribution in [0.3, 0.4) is 0 Å². The summed E-state index contributed by atoms with van der Waals surface area (Å²) in [5.74, 6) is 1.21. The molecular formula is C22H24N2O4. The molecule has 0 unspecified atom stereocenters. The first kappa shape index (κ1) is 18.3. The molecule has 0 spiro atoms. The van der Waals surface area contributed by atoms with Gasteiger partial charge in [0.1, 0.15) is 0 Å². The van der Waals surface area contributed by atoms with Crippen LogP contribution in [0.25, 0.3) is 0 Å². The highest BCUT2D eigenvalue weighted by molar-refractivity contribution is 5.95. The third-order valence-electron chi connectivity index (χ3n) is 5.51. The smallest absolute Gasteiger partial charge is 0.253 e. The van der Waals surface area contributed by atoms with Gasteiger partial charge in [-0.15, -0.1) is 0 Å². The van der Waals surface area contributed by atoms with Gasteiger partial charge in [-0.3, -0.25) is 9.59 Å². The summed E-state index contributed by atoms with van der Waals surface area (Å²) in [6, 6.07) is 11.1. The molecule has 1 N–H and O–H groups in total. The Balaban J connectivity index is 1.33. The van der Waals surface area contributed by atoms with Crippen LogP contribution in [0, 0.1) is 13.8 Å². The summed E-state index contributed by atoms with van der Waals surface area (Å²) >= 11 is 0. The van der Waals surface area contributed by atoms with E-state index < -0.39 is 0 Å². The molecule has 1 fully saturated rings. The molecule has 2 aliphatic rings. The number of benzene rings is 2. The maximum atomic E-state index is 12.8. The van der Waals surface area contributed by atoms with Gasteiger partial charge in [-0.1, -0.05) is 6.07 Å². The fourth-order valence-electron chi connectivity index (χ4n) is 3.59. The molecule has 0 aromatic heterocycles. The highest BCUT2D eigenvalue weighted by atomic mass is 16.7. The van der Waals surface area contributed by atoms with Crippen LogP contribution in [0.15, 0.2) is 36.4 Å². The molecule has 0 atom stereocenters. The third kappa shape index (κ3) is 3.67. The lowest BCUT2D eigenvalue weighted by Crippen LogP contribution is -2.46. The summed E-state index contributed by atoms with van der Waals surface area (Å²) in [6.45, 7) is 5.46. The van der Waals surface area contributed by atoms with Crippen molar-refractivity contribution in [2.45, 2.75) is 32.7 Å². The highest BCUT2D eigenvalue weighted by Crippen LogP contribution is 2.33. The highest BCUT2D eigenvalue weighted by Gasteiger charge is 2.26. The molecule has 0 radical (unpaired) electrons. The Morgan fingerprint density at radius 3 is 2.39 bits per heavy atom. The second kappa shape index (κ2) is 7.54. The molecule has 2 aromatic carbocycles. The average molecular weight is 380 g/mol. The first-order valence-electron chi connectivity index (χ1n) is 9.58. The summed E-state index contributed by atoms with van der Waals surface area (Å²) in [6.07, 6.45) is 1.49. The lowest BCUT2D eigenvalue weighted by atomic mass is 10.0. The van der Waals surface area contributed by atoms with E-state index in [4.69, 9.17) is 9.47 Å². The summed E-state index contributed by atoms with van der Waals surface area (Å²) < 4.78 is 10.6. The second-order valence-corrected chi connectivity index (χ2v) is 7.41. The zero-order valence-electron chi connectivity index (χ0n) is 16.2. The van der Waals surface area contributed by atoms with E-state index in [1.54, 1.807) is 18.2 Å². The van der Waals surface area contributed by atoms with Crippen LogP contribution >= 0.6 is 0 Å². The Hall–Kier alpha value is -3.02. The van der Waals surface area contributed by atoms with Crippen molar-refractivity contribution >= 4 is 11.8 Å². The number of carbonyl (C=O) groups is 2. The maximum absolute atomic E-state index is 12.8. The minimum atomic E-state index is -0.0522. The van der Waals surface area contributed by atoms with Crippen molar-refractivity contribution in [2.75, 3.05) is 19.9 Å². The van der Waals surface area contributed by atoms with Crippen LogP contribution in [0.1, 0.15) is 44.7 Å². The van der Waals surface area contributed by atoms with Gasteiger partial charge < -0.3 is 19.7 Å². The Labute approximate surface area is 164 Å². The van der Waals surface area contributed by atoms with Crippen molar-refractivity contribution in [3.05, 3.63) is 58.7 Å². The average Bonchev–Trinajstić information content (AvgIpc) is 3.18. The first-order chi connectivity index (χ1) is 13.5. The number of nitrogens with one attached hydrogen (secondary N) is 1. The number of ether oxygens (including phenoxy) is 2. The molecule has 28 heavy (non-hydrogen) atoms. The quantitative estimate of drug-likeness (QED) is 0.889. The molecule has 2 heterocycles. The van der Waals surface area contributed by atoms with Gasteiger partial charge in [0.2, 0.25) is 6.79 Å². The van der Waals surface area contributed by atoms with Gasteiger partial charge in [-0.25, -0.2) is 0 Å². The van der Waals surface area contributed by atoms with Crippen molar-refractivity contribution in [3.8, 4) is 11.5 Å². The van der Waals surface area contributed by atoms with E-state index in [0.717, 1.165) is 18.4 Å². The zero-order valence-corrected chi connectivity index (χ0v) is 16.2. The van der Waals surface area contributed by atoms with Gasteiger partial charge in [-0.05, 0) is 68.1 Å². The number of carbonyl (C=O) groups excluding carboxylic acids is 2. The number of aryl methyl sites for hydroxylation is 2. The third-order valence-corrected chi connectivity index (χ3v) is 5.51. The van der Waals surface area contributed by atoms with Crippen LogP contribution in [-0.2, 0) is 0 Å². The van der Waals surface area contributed by atoms with Crippen molar-refractivity contribution in [2.24, 2.45) is 0 Å². The largest absolute Gasteiger partial charge is 0.454 e. The van der Waals surface area contributed by atoms with Crippen molar-refractivity contribution in [1.29, 1.82) is 0 Å². The van der Waals surface area contributed by atoms with E-state index in [2.05, 4.69) is 5.32 Å². The molecule has 6 nitrogen and oxygen atoms in total. The zero-order chi connectivity index (χ0) is 19.7. The molecule has 2 aromatic rings. The van der Waals surface area contributed by atoms with E-state index in [1.165, 1.54) is 5.56 Å². The Morgan fingerprint density at radius 1 is 0.929 bits per heavy atom. The number of fused-ring (bicyclic) bond motifs is 1. The second-order valence-electron chi connectivity index (χ2n) is 7.41. The number of nitrogens with zero attached hydrogens (tertiary/aromatic N) is 1. The van der Waals surface area contributed by atoms with Gasteiger partial charge in [0.25, 0.3) is 11.8 Å². The van der Waals surface area contributed by atoms with Gasteiger partial charge in [-0.2, -0.15) is 0 Å². The normalized spacial score (nSPS) is 16.1. The molecule has 146 valence electrons. The predicted molar refractivity (Wildman–Crippen MR) is 105 cm³/mol. The van der Waals surface area contributed by atoms with Crippen LogP contribution in [-0.4, -0.2) is 42.6 Å². The summed E-state index contributed by atoms with van der Waals surface area (Å²) in [4.78, 5) is 27.1. The lowest BCUT2D eigenvalue weighted by Gasteiger charge is -2.32. The summed E-state index contributed by atoms with van der Waals surface area (Å²) in [7, 11) is 0. The van der Waals surface area contributed by atoms with Gasteiger partial charge >= 0.3 is 0 Å². The SMILES string of the molecule is Cc1ccc(C(=O)NC2CCN(C(=O)c3ccc4c(c3)OCO4)CC2)cc1C. The fourth-order valence-corrected chi connectivity index (χ4v) is 3.59. The number of hydrogen-bond acceptors (Lipinski definition) is 4. The van der Waals surface area contributed by atoms with E-state index in [-0.39, 0.29) is 24.6 Å². The van der Waals surface area contributed by atoms with E-state index in [9.17, 15) is 9.59 Å². The molecule has 2 aliphatic heterocycles. The van der Waals surface area contributed by atoms with Gasteiger partial charge in [0.15, 0.2) is 11.5 Å². The number of amides is 2. The lowest BCUT2D eigenvalue weighted by molar-refractivity contribution is 0.0697. The summed E-state index contributed by atoms with van der Waals surface area (Å²) in [5, 5.41) is 3.10. The van der Waals surface area contributed by atoms with Crippen LogP contribution in [0.2, 0.25) is 0 Å². The number of piperidine rings is 1.